The van der Waals surface area contributed by atoms with Gasteiger partial charge in [-0.15, -0.1) is 0 Å². The Hall–Kier alpha value is -1.54. The molecular formula is C16H16Cl2N2O4S. The van der Waals surface area contributed by atoms with Crippen molar-refractivity contribution in [1.82, 2.24) is 9.21 Å². The van der Waals surface area contributed by atoms with Crippen LogP contribution >= 0.6 is 23.2 Å². The van der Waals surface area contributed by atoms with Gasteiger partial charge in [0.25, 0.3) is 0 Å². The lowest BCUT2D eigenvalue weighted by molar-refractivity contribution is -0.131. The molecule has 0 unspecified atom stereocenters. The van der Waals surface area contributed by atoms with Gasteiger partial charge < -0.3 is 9.32 Å². The molecule has 134 valence electrons. The maximum Gasteiger partial charge on any atom is 0.243 e. The van der Waals surface area contributed by atoms with Crippen LogP contribution in [0.25, 0.3) is 0 Å². The zero-order valence-electron chi connectivity index (χ0n) is 13.2. The maximum atomic E-state index is 12.7. The first-order valence-electron chi connectivity index (χ1n) is 7.62. The van der Waals surface area contributed by atoms with Crippen LogP contribution < -0.4 is 0 Å². The highest BCUT2D eigenvalue weighted by Gasteiger charge is 2.30. The first-order valence-corrected chi connectivity index (χ1v) is 9.82. The van der Waals surface area contributed by atoms with Crippen molar-refractivity contribution in [2.75, 3.05) is 26.2 Å². The molecule has 2 heterocycles. The monoisotopic (exact) mass is 402 g/mol. The molecular weight excluding hydrogens is 387 g/mol. The third-order valence-corrected chi connectivity index (χ3v) is 6.28. The van der Waals surface area contributed by atoms with Gasteiger partial charge in [-0.1, -0.05) is 23.2 Å². The fraction of sp³-hybridized carbons (Fsp3) is 0.312. The van der Waals surface area contributed by atoms with Crippen molar-refractivity contribution < 1.29 is 17.6 Å². The fourth-order valence-electron chi connectivity index (χ4n) is 2.68. The topological polar surface area (TPSA) is 70.8 Å². The van der Waals surface area contributed by atoms with Crippen LogP contribution in [0, 0.1) is 0 Å². The van der Waals surface area contributed by atoms with Crippen molar-refractivity contribution in [3.8, 4) is 0 Å². The number of carbonyl (C=O) groups excluding carboxylic acids is 1. The predicted octanol–water partition coefficient (Wildman–Crippen LogP) is 2.66. The van der Waals surface area contributed by atoms with Gasteiger partial charge >= 0.3 is 0 Å². The van der Waals surface area contributed by atoms with E-state index in [4.69, 9.17) is 27.6 Å². The Morgan fingerprint density at radius 1 is 1.08 bits per heavy atom. The number of benzene rings is 1. The smallest absolute Gasteiger partial charge is 0.243 e. The van der Waals surface area contributed by atoms with E-state index in [1.54, 1.807) is 17.0 Å². The molecule has 0 spiro atoms. The summed E-state index contributed by atoms with van der Waals surface area (Å²) in [7, 11) is -3.70. The number of nitrogens with zero attached hydrogens (tertiary/aromatic N) is 2. The molecule has 6 nitrogen and oxygen atoms in total. The quantitative estimate of drug-likeness (QED) is 0.787. The molecule has 2 aromatic rings. The Labute approximate surface area is 156 Å². The lowest BCUT2D eigenvalue weighted by atomic mass is 10.2. The van der Waals surface area contributed by atoms with Crippen LogP contribution in [0.5, 0.6) is 0 Å². The van der Waals surface area contributed by atoms with Crippen molar-refractivity contribution >= 4 is 39.1 Å². The molecule has 1 aliphatic rings. The molecule has 0 atom stereocenters. The fourth-order valence-corrected chi connectivity index (χ4v) is 4.83. The van der Waals surface area contributed by atoms with Crippen LogP contribution in [0.4, 0.5) is 0 Å². The van der Waals surface area contributed by atoms with Crippen LogP contribution in [0.2, 0.25) is 10.0 Å². The van der Waals surface area contributed by atoms with Crippen LogP contribution in [0.3, 0.4) is 0 Å². The molecule has 1 aliphatic heterocycles. The average molecular weight is 403 g/mol. The van der Waals surface area contributed by atoms with Gasteiger partial charge in [0.15, 0.2) is 0 Å². The Balaban J connectivity index is 1.66. The lowest BCUT2D eigenvalue weighted by Gasteiger charge is -2.34. The normalized spacial score (nSPS) is 16.2. The van der Waals surface area contributed by atoms with Crippen LogP contribution in [0.15, 0.2) is 45.9 Å². The molecule has 0 bridgehead atoms. The molecule has 9 heteroatoms. The maximum absolute atomic E-state index is 12.7. The molecule has 25 heavy (non-hydrogen) atoms. The molecule has 3 rings (SSSR count). The zero-order chi connectivity index (χ0) is 18.0. The molecule has 0 saturated carbocycles. The number of carbonyl (C=O) groups is 1. The number of rotatable bonds is 4. The van der Waals surface area contributed by atoms with Gasteiger partial charge in [-0.2, -0.15) is 4.31 Å². The van der Waals surface area contributed by atoms with E-state index in [0.717, 1.165) is 0 Å². The van der Waals surface area contributed by atoms with Gasteiger partial charge in [0.2, 0.25) is 15.9 Å². The average Bonchev–Trinajstić information content (AvgIpc) is 3.07. The summed E-state index contributed by atoms with van der Waals surface area (Å²) < 4.78 is 31.9. The third-order valence-electron chi connectivity index (χ3n) is 3.97. The molecule has 1 saturated heterocycles. The summed E-state index contributed by atoms with van der Waals surface area (Å²) in [6.07, 6.45) is 1.69. The van der Waals surface area contributed by atoms with Crippen molar-refractivity contribution in [2.45, 2.75) is 11.3 Å². The summed E-state index contributed by atoms with van der Waals surface area (Å²) in [5.74, 6) is 0.506. The van der Waals surface area contributed by atoms with Crippen molar-refractivity contribution in [3.63, 3.8) is 0 Å². The minimum atomic E-state index is -3.70. The highest BCUT2D eigenvalue weighted by Crippen LogP contribution is 2.25. The largest absolute Gasteiger partial charge is 0.469 e. The predicted molar refractivity (Wildman–Crippen MR) is 94.2 cm³/mol. The van der Waals surface area contributed by atoms with E-state index in [1.807, 2.05) is 0 Å². The van der Waals surface area contributed by atoms with Crippen molar-refractivity contribution in [2.24, 2.45) is 0 Å². The van der Waals surface area contributed by atoms with Gasteiger partial charge in [-0.3, -0.25) is 4.79 Å². The minimum Gasteiger partial charge on any atom is -0.469 e. The summed E-state index contributed by atoms with van der Waals surface area (Å²) >= 11 is 11.8. The molecule has 0 N–H and O–H groups in total. The number of hydrogen-bond acceptors (Lipinski definition) is 4. The second kappa shape index (κ2) is 7.37. The number of furan rings is 1. The van der Waals surface area contributed by atoms with Gasteiger partial charge in [-0.05, 0) is 30.3 Å². The van der Waals surface area contributed by atoms with Gasteiger partial charge in [0.05, 0.1) is 17.6 Å². The Morgan fingerprint density at radius 3 is 2.28 bits per heavy atom. The molecule has 1 amide bonds. The minimum absolute atomic E-state index is 0.0559. The highest BCUT2D eigenvalue weighted by molar-refractivity contribution is 7.89. The van der Waals surface area contributed by atoms with Crippen LogP contribution in [-0.4, -0.2) is 49.7 Å². The number of amides is 1. The van der Waals surface area contributed by atoms with Crippen LogP contribution in [-0.2, 0) is 21.2 Å². The third kappa shape index (κ3) is 4.17. The Kier molecular flexibility index (Phi) is 5.38. The summed E-state index contributed by atoms with van der Waals surface area (Å²) in [5.41, 5.74) is 0. The van der Waals surface area contributed by atoms with Gasteiger partial charge in [0, 0.05) is 36.2 Å². The van der Waals surface area contributed by atoms with E-state index in [2.05, 4.69) is 0 Å². The van der Waals surface area contributed by atoms with Crippen LogP contribution in [0.1, 0.15) is 5.76 Å². The molecule has 1 aromatic carbocycles. The Morgan fingerprint density at radius 2 is 1.72 bits per heavy atom. The van der Waals surface area contributed by atoms with Crippen molar-refractivity contribution in [3.05, 3.63) is 52.4 Å². The first-order chi connectivity index (χ1) is 11.9. The van der Waals surface area contributed by atoms with E-state index < -0.39 is 10.0 Å². The Bertz CT molecular complexity index is 840. The van der Waals surface area contributed by atoms with E-state index >= 15 is 0 Å². The first kappa shape index (κ1) is 18.3. The molecule has 1 fully saturated rings. The van der Waals surface area contributed by atoms with E-state index in [1.165, 1.54) is 28.8 Å². The summed E-state index contributed by atoms with van der Waals surface area (Å²) in [6, 6.07) is 7.69. The van der Waals surface area contributed by atoms with Gasteiger partial charge in [-0.25, -0.2) is 8.42 Å². The summed E-state index contributed by atoms with van der Waals surface area (Å²) in [6.45, 7) is 1.09. The molecule has 1 aromatic heterocycles. The number of hydrogen-bond donors (Lipinski definition) is 0. The highest BCUT2D eigenvalue weighted by atomic mass is 35.5. The number of piperazine rings is 1. The number of halogens is 2. The second-order valence-corrected chi connectivity index (χ2v) is 8.46. The molecule has 0 radical (unpaired) electrons. The van der Waals surface area contributed by atoms with E-state index in [0.29, 0.717) is 18.8 Å². The lowest BCUT2D eigenvalue weighted by Crippen LogP contribution is -2.50. The summed E-state index contributed by atoms with van der Waals surface area (Å²) in [4.78, 5) is 13.9. The van der Waals surface area contributed by atoms with E-state index in [9.17, 15) is 13.2 Å². The standard InChI is InChI=1S/C16H16Cl2N2O4S/c17-12-8-13(18)10-15(9-12)25(22,23)20-5-3-19(4-6-20)16(21)11-14-2-1-7-24-14/h1-2,7-10H,3-6,11H2. The van der Waals surface area contributed by atoms with Gasteiger partial charge in [0.1, 0.15) is 5.76 Å². The molecule has 0 aliphatic carbocycles. The zero-order valence-corrected chi connectivity index (χ0v) is 15.5. The van der Waals surface area contributed by atoms with E-state index in [-0.39, 0.29) is 40.4 Å². The SMILES string of the molecule is O=C(Cc1ccco1)N1CCN(S(=O)(=O)c2cc(Cl)cc(Cl)c2)CC1. The van der Waals surface area contributed by atoms with Crippen molar-refractivity contribution in [1.29, 1.82) is 0 Å². The second-order valence-electron chi connectivity index (χ2n) is 5.65. The summed E-state index contributed by atoms with van der Waals surface area (Å²) in [5, 5.41) is 0.525. The number of sulfonamides is 1.